The summed E-state index contributed by atoms with van der Waals surface area (Å²) < 4.78 is 0. The molecule has 1 heteroatoms. The zero-order valence-corrected chi connectivity index (χ0v) is 16.7. The van der Waals surface area contributed by atoms with E-state index in [-0.39, 0.29) is 10.9 Å². The quantitative estimate of drug-likeness (QED) is 0.545. The molecule has 0 atom stereocenters. The van der Waals surface area contributed by atoms with Crippen LogP contribution in [0.2, 0.25) is 0 Å². The van der Waals surface area contributed by atoms with Gasteiger partial charge in [0.05, 0.1) is 10.9 Å². The summed E-state index contributed by atoms with van der Waals surface area (Å²) >= 11 is 0. The fraction of sp³-hybridized carbons (Fsp3) is 0.429. The van der Waals surface area contributed by atoms with Crippen LogP contribution in [0, 0.1) is 27.7 Å². The van der Waals surface area contributed by atoms with Gasteiger partial charge in [-0.3, -0.25) is 0 Å². The minimum atomic E-state index is 0.162. The van der Waals surface area contributed by atoms with E-state index in [1.54, 1.807) is 0 Å². The smallest absolute Gasteiger partial charge is 0.0683 e. The van der Waals surface area contributed by atoms with Crippen molar-refractivity contribution in [3.05, 3.63) is 58.7 Å². The minimum absolute atomic E-state index is 0.162. The van der Waals surface area contributed by atoms with E-state index in [0.29, 0.717) is 0 Å². The first-order valence-corrected chi connectivity index (χ1v) is 9.91. The van der Waals surface area contributed by atoms with Gasteiger partial charge in [-0.1, -0.05) is 39.8 Å². The average Bonchev–Trinajstić information content (AvgIpc) is 2.48. The van der Waals surface area contributed by atoms with Crippen LogP contribution in [0.5, 0.6) is 0 Å². The van der Waals surface area contributed by atoms with Gasteiger partial charge < -0.3 is 0 Å². The van der Waals surface area contributed by atoms with Crippen molar-refractivity contribution in [2.75, 3.05) is 6.26 Å². The van der Waals surface area contributed by atoms with Gasteiger partial charge in [0.15, 0.2) is 9.79 Å². The Labute approximate surface area is 141 Å². The Hall–Kier alpha value is -1.21. The molecule has 0 bridgehead atoms. The van der Waals surface area contributed by atoms with E-state index in [2.05, 4.69) is 70.3 Å². The van der Waals surface area contributed by atoms with Crippen LogP contribution in [0.1, 0.15) is 49.9 Å². The molecule has 0 radical (unpaired) electrons. The highest BCUT2D eigenvalue weighted by molar-refractivity contribution is 7.96. The van der Waals surface area contributed by atoms with Crippen molar-refractivity contribution in [2.24, 2.45) is 0 Å². The summed E-state index contributed by atoms with van der Waals surface area (Å²) in [5.74, 6) is 0. The maximum Gasteiger partial charge on any atom is 0.160 e. The average molecular weight is 318 g/mol. The molecule has 0 aromatic heterocycles. The fourth-order valence-corrected chi connectivity index (χ4v) is 4.08. The van der Waals surface area contributed by atoms with Crippen LogP contribution >= 0.6 is 0 Å². The molecule has 0 aliphatic heterocycles. The molecule has 0 amide bonds. The van der Waals surface area contributed by atoms with E-state index in [4.69, 9.17) is 0 Å². The third-order valence-electron chi connectivity index (χ3n) is 3.10. The summed E-state index contributed by atoms with van der Waals surface area (Å²) in [5, 5.41) is 0. The maximum absolute atomic E-state index is 2.32. The van der Waals surface area contributed by atoms with Gasteiger partial charge in [0.2, 0.25) is 0 Å². The highest BCUT2D eigenvalue weighted by Gasteiger charge is 2.20. The highest BCUT2D eigenvalue weighted by atomic mass is 32.2. The predicted octanol–water partition coefficient (Wildman–Crippen LogP) is 6.64. The van der Waals surface area contributed by atoms with Crippen LogP contribution < -0.4 is 0 Å². The lowest BCUT2D eigenvalue weighted by Gasteiger charge is -2.07. The van der Waals surface area contributed by atoms with Crippen molar-refractivity contribution in [3.8, 4) is 0 Å². The molecule has 0 saturated heterocycles. The third-order valence-corrected chi connectivity index (χ3v) is 4.98. The fourth-order valence-electron chi connectivity index (χ4n) is 2.36. The second-order valence-corrected chi connectivity index (χ2v) is 7.12. The van der Waals surface area contributed by atoms with Crippen molar-refractivity contribution < 1.29 is 0 Å². The van der Waals surface area contributed by atoms with Crippen molar-refractivity contribution >= 4 is 10.9 Å². The first-order valence-electron chi connectivity index (χ1n) is 8.28. The van der Waals surface area contributed by atoms with Gasteiger partial charge in [0.25, 0.3) is 0 Å². The molecule has 0 saturated carbocycles. The molecule has 0 unspecified atom stereocenters. The van der Waals surface area contributed by atoms with Crippen LogP contribution in [0.3, 0.4) is 0 Å². The molecule has 0 heterocycles. The van der Waals surface area contributed by atoms with Crippen molar-refractivity contribution in [3.63, 3.8) is 0 Å². The van der Waals surface area contributed by atoms with Gasteiger partial charge in [-0.05, 0) is 74.2 Å². The second kappa shape index (κ2) is 10.5. The maximum atomic E-state index is 2.32. The Morgan fingerprint density at radius 3 is 0.955 bits per heavy atom. The van der Waals surface area contributed by atoms with Crippen molar-refractivity contribution in [2.45, 2.75) is 65.2 Å². The summed E-state index contributed by atoms with van der Waals surface area (Å²) in [6.07, 6.45) is 2.32. The van der Waals surface area contributed by atoms with Gasteiger partial charge >= 0.3 is 0 Å². The van der Waals surface area contributed by atoms with Gasteiger partial charge in [-0.2, -0.15) is 0 Å². The molecular formula is C21H33S+. The SMILES string of the molecule is CC.CC.Cc1cc(C)cc([S+](C)c2cc(C)cc(C)c2)c1. The van der Waals surface area contributed by atoms with E-state index in [0.717, 1.165) is 0 Å². The molecule has 2 aromatic carbocycles. The summed E-state index contributed by atoms with van der Waals surface area (Å²) in [6, 6.07) is 13.7. The molecule has 0 fully saturated rings. The second-order valence-electron chi connectivity index (χ2n) is 5.16. The van der Waals surface area contributed by atoms with E-state index in [1.807, 2.05) is 27.7 Å². The van der Waals surface area contributed by atoms with Crippen LogP contribution in [0.15, 0.2) is 46.2 Å². The topological polar surface area (TPSA) is 0 Å². The summed E-state index contributed by atoms with van der Waals surface area (Å²) in [4.78, 5) is 2.88. The normalized spacial score (nSPS) is 9.55. The van der Waals surface area contributed by atoms with Gasteiger partial charge in [-0.25, -0.2) is 0 Å². The molecular weight excluding hydrogens is 284 g/mol. The number of hydrogen-bond donors (Lipinski definition) is 0. The lowest BCUT2D eigenvalue weighted by atomic mass is 10.2. The largest absolute Gasteiger partial charge is 0.160 e. The van der Waals surface area contributed by atoms with Crippen molar-refractivity contribution in [1.82, 2.24) is 0 Å². The molecule has 0 aliphatic rings. The van der Waals surface area contributed by atoms with Crippen LogP contribution in [0.25, 0.3) is 0 Å². The molecule has 122 valence electrons. The molecule has 0 nitrogen and oxygen atoms in total. The Morgan fingerprint density at radius 2 is 0.727 bits per heavy atom. The number of rotatable bonds is 2. The summed E-state index contributed by atoms with van der Waals surface area (Å²) in [5.41, 5.74) is 5.42. The molecule has 22 heavy (non-hydrogen) atoms. The first kappa shape index (κ1) is 20.8. The van der Waals surface area contributed by atoms with Gasteiger partial charge in [0.1, 0.15) is 6.26 Å². The third kappa shape index (κ3) is 6.27. The Balaban J connectivity index is 0.00000102. The summed E-state index contributed by atoms with van der Waals surface area (Å²) in [6.45, 7) is 16.7. The Bertz CT molecular complexity index is 478. The lowest BCUT2D eigenvalue weighted by molar-refractivity contribution is 1.25. The molecule has 0 spiro atoms. The van der Waals surface area contributed by atoms with E-state index in [9.17, 15) is 0 Å². The van der Waals surface area contributed by atoms with Crippen LogP contribution in [-0.2, 0) is 10.9 Å². The standard InChI is InChI=1S/C17H21S.2C2H6/c1-12-6-13(2)9-16(8-12)18(5)17-10-14(3)7-15(4)11-17;2*1-2/h6-11H,1-5H3;2*1-2H3/q+1;;. The lowest BCUT2D eigenvalue weighted by Crippen LogP contribution is -2.02. The van der Waals surface area contributed by atoms with Gasteiger partial charge in [-0.15, -0.1) is 0 Å². The molecule has 2 aromatic rings. The monoisotopic (exact) mass is 317 g/mol. The zero-order chi connectivity index (χ0) is 17.3. The number of aryl methyl sites for hydroxylation is 4. The van der Waals surface area contributed by atoms with E-state index >= 15 is 0 Å². The van der Waals surface area contributed by atoms with E-state index < -0.39 is 0 Å². The Kier molecular flexibility index (Phi) is 9.93. The summed E-state index contributed by atoms with van der Waals surface area (Å²) in [7, 11) is 0.162. The first-order chi connectivity index (χ1) is 10.5. The Morgan fingerprint density at radius 1 is 0.500 bits per heavy atom. The minimum Gasteiger partial charge on any atom is -0.0683 e. The number of hydrogen-bond acceptors (Lipinski definition) is 0. The molecule has 0 aliphatic carbocycles. The van der Waals surface area contributed by atoms with Gasteiger partial charge in [0, 0.05) is 0 Å². The number of benzene rings is 2. The predicted molar refractivity (Wildman–Crippen MR) is 104 cm³/mol. The van der Waals surface area contributed by atoms with Crippen molar-refractivity contribution in [1.29, 1.82) is 0 Å². The van der Waals surface area contributed by atoms with Crippen LogP contribution in [0.4, 0.5) is 0 Å². The van der Waals surface area contributed by atoms with E-state index in [1.165, 1.54) is 32.0 Å². The zero-order valence-electron chi connectivity index (χ0n) is 15.9. The molecule has 0 N–H and O–H groups in total. The highest BCUT2D eigenvalue weighted by Crippen LogP contribution is 2.25. The van der Waals surface area contributed by atoms with Crippen LogP contribution in [-0.4, -0.2) is 6.26 Å². The molecule has 2 rings (SSSR count).